The zero-order valence-corrected chi connectivity index (χ0v) is 12.4. The van der Waals surface area contributed by atoms with Crippen molar-refractivity contribution in [3.05, 3.63) is 0 Å². The number of nitrogens with one attached hydrogen (secondary N) is 1. The number of rotatable bonds is 6. The standard InChI is InChI=1S/C12H19N5O2S/c1-8(9-4-5-9)15-12-10(20(2,18)19)11(14)17(16-12)7-3-6-13/h8-9H,3-5,7,14H2,1-2H3,(H,15,16). The first-order valence-electron chi connectivity index (χ1n) is 6.54. The van der Waals surface area contributed by atoms with Gasteiger partial charge in [-0.3, -0.25) is 0 Å². The summed E-state index contributed by atoms with van der Waals surface area (Å²) in [4.78, 5) is 0.0305. The van der Waals surface area contributed by atoms with E-state index in [4.69, 9.17) is 11.0 Å². The van der Waals surface area contributed by atoms with Crippen LogP contribution in [0, 0.1) is 17.2 Å². The summed E-state index contributed by atoms with van der Waals surface area (Å²) >= 11 is 0. The smallest absolute Gasteiger partial charge is 0.182 e. The molecule has 0 spiro atoms. The van der Waals surface area contributed by atoms with Crippen LogP contribution >= 0.6 is 0 Å². The van der Waals surface area contributed by atoms with Crippen LogP contribution < -0.4 is 11.1 Å². The predicted octanol–water partition coefficient (Wildman–Crippen LogP) is 0.993. The Labute approximate surface area is 118 Å². The number of hydrogen-bond donors (Lipinski definition) is 2. The SMILES string of the molecule is CC(Nc1nn(CCC#N)c(N)c1S(C)(=O)=O)C1CC1. The van der Waals surface area contributed by atoms with E-state index in [1.807, 2.05) is 13.0 Å². The lowest BCUT2D eigenvalue weighted by molar-refractivity contribution is 0.601. The van der Waals surface area contributed by atoms with Gasteiger partial charge >= 0.3 is 0 Å². The topological polar surface area (TPSA) is 114 Å². The molecule has 1 atom stereocenters. The fourth-order valence-electron chi connectivity index (χ4n) is 2.17. The molecule has 1 fully saturated rings. The second-order valence-corrected chi connectivity index (χ2v) is 7.19. The molecule has 3 N–H and O–H groups in total. The van der Waals surface area contributed by atoms with Gasteiger partial charge in [0.25, 0.3) is 0 Å². The van der Waals surface area contributed by atoms with Crippen molar-refractivity contribution in [1.82, 2.24) is 9.78 Å². The molecule has 1 unspecified atom stereocenters. The van der Waals surface area contributed by atoms with Crippen LogP contribution in [0.1, 0.15) is 26.2 Å². The van der Waals surface area contributed by atoms with Crippen LogP contribution in [0.2, 0.25) is 0 Å². The predicted molar refractivity (Wildman–Crippen MR) is 75.8 cm³/mol. The number of nitrogen functional groups attached to an aromatic ring is 1. The highest BCUT2D eigenvalue weighted by atomic mass is 32.2. The van der Waals surface area contributed by atoms with Crippen molar-refractivity contribution < 1.29 is 8.42 Å². The van der Waals surface area contributed by atoms with Crippen molar-refractivity contribution in [1.29, 1.82) is 5.26 Å². The maximum absolute atomic E-state index is 11.9. The molecule has 0 saturated heterocycles. The first-order valence-corrected chi connectivity index (χ1v) is 8.43. The Morgan fingerprint density at radius 2 is 2.25 bits per heavy atom. The van der Waals surface area contributed by atoms with Crippen LogP contribution in [0.15, 0.2) is 4.90 Å². The van der Waals surface area contributed by atoms with E-state index in [9.17, 15) is 8.42 Å². The van der Waals surface area contributed by atoms with Crippen molar-refractivity contribution in [3.63, 3.8) is 0 Å². The summed E-state index contributed by atoms with van der Waals surface area (Å²) in [7, 11) is -3.47. The van der Waals surface area contributed by atoms with Crippen LogP contribution in [0.4, 0.5) is 11.6 Å². The van der Waals surface area contributed by atoms with Gasteiger partial charge in [-0.1, -0.05) is 0 Å². The minimum Gasteiger partial charge on any atom is -0.383 e. The monoisotopic (exact) mass is 297 g/mol. The Balaban J connectivity index is 2.35. The Morgan fingerprint density at radius 1 is 1.60 bits per heavy atom. The highest BCUT2D eigenvalue weighted by Gasteiger charge is 2.31. The summed E-state index contributed by atoms with van der Waals surface area (Å²) in [6.45, 7) is 2.29. The van der Waals surface area contributed by atoms with Crippen molar-refractivity contribution >= 4 is 21.5 Å². The molecule has 0 aliphatic heterocycles. The summed E-state index contributed by atoms with van der Waals surface area (Å²) in [6, 6.07) is 2.15. The number of nitriles is 1. The molecule has 0 bridgehead atoms. The molecule has 2 rings (SSSR count). The van der Waals surface area contributed by atoms with Gasteiger partial charge in [0.1, 0.15) is 5.82 Å². The maximum atomic E-state index is 11.9. The number of aryl methyl sites for hydroxylation is 1. The van der Waals surface area contributed by atoms with Crippen molar-refractivity contribution in [2.75, 3.05) is 17.3 Å². The van der Waals surface area contributed by atoms with Crippen LogP contribution in [-0.4, -0.2) is 30.5 Å². The fraction of sp³-hybridized carbons (Fsp3) is 0.667. The Kier molecular flexibility index (Phi) is 3.90. The van der Waals surface area contributed by atoms with Gasteiger partial charge in [-0.05, 0) is 25.7 Å². The molecule has 1 saturated carbocycles. The summed E-state index contributed by atoms with van der Waals surface area (Å²) in [5.41, 5.74) is 5.87. The average molecular weight is 297 g/mol. The van der Waals surface area contributed by atoms with E-state index in [1.54, 1.807) is 0 Å². The zero-order valence-electron chi connectivity index (χ0n) is 11.6. The normalized spacial score (nSPS) is 16.6. The maximum Gasteiger partial charge on any atom is 0.182 e. The molecule has 0 aromatic carbocycles. The third-order valence-corrected chi connectivity index (χ3v) is 4.59. The molecule has 0 radical (unpaired) electrons. The molecule has 7 nitrogen and oxygen atoms in total. The summed E-state index contributed by atoms with van der Waals surface area (Å²) < 4.78 is 25.2. The molecular weight excluding hydrogens is 278 g/mol. The van der Waals surface area contributed by atoms with Crippen molar-refractivity contribution in [2.24, 2.45) is 5.92 Å². The quantitative estimate of drug-likeness (QED) is 0.809. The van der Waals surface area contributed by atoms with Crippen LogP contribution in [0.3, 0.4) is 0 Å². The zero-order chi connectivity index (χ0) is 14.9. The molecule has 1 aliphatic carbocycles. The number of aromatic nitrogens is 2. The minimum atomic E-state index is -3.47. The van der Waals surface area contributed by atoms with Gasteiger partial charge in [-0.25, -0.2) is 13.1 Å². The molecule has 0 amide bonds. The number of anilines is 2. The second kappa shape index (κ2) is 5.32. The van der Waals surface area contributed by atoms with Gasteiger partial charge in [-0.2, -0.15) is 10.4 Å². The minimum absolute atomic E-state index is 0.0305. The first kappa shape index (κ1) is 14.7. The van der Waals surface area contributed by atoms with Crippen LogP contribution in [-0.2, 0) is 16.4 Å². The summed E-state index contributed by atoms with van der Waals surface area (Å²) in [6.07, 6.45) is 3.63. The van der Waals surface area contributed by atoms with Gasteiger partial charge in [0.15, 0.2) is 20.6 Å². The molecular formula is C12H19N5O2S. The molecule has 1 aromatic heterocycles. The third kappa shape index (κ3) is 3.04. The molecule has 8 heteroatoms. The van der Waals surface area contributed by atoms with E-state index < -0.39 is 9.84 Å². The largest absolute Gasteiger partial charge is 0.383 e. The Morgan fingerprint density at radius 3 is 2.75 bits per heavy atom. The summed E-state index contributed by atoms with van der Waals surface area (Å²) in [5.74, 6) is 0.948. The van der Waals surface area contributed by atoms with Gasteiger partial charge in [0.2, 0.25) is 0 Å². The number of sulfone groups is 1. The lowest BCUT2D eigenvalue weighted by Gasteiger charge is -2.12. The number of nitrogens with two attached hydrogens (primary N) is 1. The second-order valence-electron chi connectivity index (χ2n) is 5.24. The molecule has 1 heterocycles. The van der Waals surface area contributed by atoms with Crippen molar-refractivity contribution in [2.45, 2.75) is 43.7 Å². The van der Waals surface area contributed by atoms with E-state index in [2.05, 4.69) is 10.4 Å². The Bertz CT molecular complexity index is 640. The number of hydrogen-bond acceptors (Lipinski definition) is 6. The van der Waals surface area contributed by atoms with E-state index >= 15 is 0 Å². The van der Waals surface area contributed by atoms with Gasteiger partial charge in [0, 0.05) is 12.3 Å². The first-order chi connectivity index (χ1) is 9.34. The van der Waals surface area contributed by atoms with E-state index in [-0.39, 0.29) is 29.7 Å². The highest BCUT2D eigenvalue weighted by Crippen LogP contribution is 2.35. The highest BCUT2D eigenvalue weighted by molar-refractivity contribution is 7.91. The molecule has 1 aliphatic rings. The van der Waals surface area contributed by atoms with Gasteiger partial charge in [-0.15, -0.1) is 0 Å². The third-order valence-electron chi connectivity index (χ3n) is 3.45. The average Bonchev–Trinajstić information content (AvgIpc) is 3.12. The van der Waals surface area contributed by atoms with E-state index in [1.165, 1.54) is 4.68 Å². The molecule has 1 aromatic rings. The van der Waals surface area contributed by atoms with Gasteiger partial charge < -0.3 is 11.1 Å². The number of nitrogens with zero attached hydrogens (tertiary/aromatic N) is 3. The molecule has 110 valence electrons. The fourth-order valence-corrected chi connectivity index (χ4v) is 3.11. The lowest BCUT2D eigenvalue weighted by Crippen LogP contribution is -2.19. The van der Waals surface area contributed by atoms with E-state index in [0.717, 1.165) is 19.1 Å². The van der Waals surface area contributed by atoms with Gasteiger partial charge in [0.05, 0.1) is 19.0 Å². The Hall–Kier alpha value is -1.75. The van der Waals surface area contributed by atoms with Crippen molar-refractivity contribution in [3.8, 4) is 6.07 Å². The van der Waals surface area contributed by atoms with Crippen LogP contribution in [0.25, 0.3) is 0 Å². The van der Waals surface area contributed by atoms with Crippen LogP contribution in [0.5, 0.6) is 0 Å². The molecule has 20 heavy (non-hydrogen) atoms. The van der Waals surface area contributed by atoms with E-state index in [0.29, 0.717) is 11.7 Å². The lowest BCUT2D eigenvalue weighted by atomic mass is 10.2. The summed E-state index contributed by atoms with van der Waals surface area (Å²) in [5, 5.41) is 16.0.